The van der Waals surface area contributed by atoms with E-state index in [1.807, 2.05) is 0 Å². The third-order valence-corrected chi connectivity index (χ3v) is 2.18. The summed E-state index contributed by atoms with van der Waals surface area (Å²) in [5.41, 5.74) is 3.10. The molecule has 9 nitrogen and oxygen atoms in total. The van der Waals surface area contributed by atoms with Crippen LogP contribution in [0.4, 0.5) is 11.5 Å². The van der Waals surface area contributed by atoms with E-state index in [9.17, 15) is 10.1 Å². The van der Waals surface area contributed by atoms with Crippen molar-refractivity contribution < 1.29 is 4.92 Å². The lowest BCUT2D eigenvalue weighted by molar-refractivity contribution is -0.385. The highest BCUT2D eigenvalue weighted by Gasteiger charge is 2.10. The second kappa shape index (κ2) is 4.75. The summed E-state index contributed by atoms with van der Waals surface area (Å²) in [7, 11) is 0. The minimum atomic E-state index is -0.506. The monoisotopic (exact) mass is 249 g/mol. The maximum atomic E-state index is 10.5. The summed E-state index contributed by atoms with van der Waals surface area (Å²) in [5.74, 6) is 6.23. The van der Waals surface area contributed by atoms with Gasteiger partial charge in [-0.15, -0.1) is 0 Å². The second-order valence-electron chi connectivity index (χ2n) is 3.61. The van der Waals surface area contributed by atoms with Crippen molar-refractivity contribution >= 4 is 11.5 Å². The molecular formula is C9H11N7O2. The molecule has 2 aromatic heterocycles. The van der Waals surface area contributed by atoms with Crippen LogP contribution in [-0.2, 0) is 6.54 Å². The SMILES string of the molecule is Cc1cc(NN)nc(Cn2cc([N+](=O)[O-])cn2)n1. The molecule has 3 N–H and O–H groups in total. The predicted octanol–water partition coefficient (Wildman–Crippen LogP) is 0.224. The van der Waals surface area contributed by atoms with E-state index in [0.717, 1.165) is 5.69 Å². The molecular weight excluding hydrogens is 238 g/mol. The Kier molecular flexibility index (Phi) is 3.15. The highest BCUT2D eigenvalue weighted by atomic mass is 16.6. The van der Waals surface area contributed by atoms with Crippen LogP contribution in [0.5, 0.6) is 0 Å². The number of hydrazine groups is 1. The fraction of sp³-hybridized carbons (Fsp3) is 0.222. The normalized spacial score (nSPS) is 10.3. The summed E-state index contributed by atoms with van der Waals surface area (Å²) in [4.78, 5) is 18.3. The molecule has 9 heteroatoms. The predicted molar refractivity (Wildman–Crippen MR) is 62.6 cm³/mol. The van der Waals surface area contributed by atoms with E-state index in [1.165, 1.54) is 17.1 Å². The number of nitrogen functional groups attached to an aromatic ring is 1. The first kappa shape index (κ1) is 11.9. The third-order valence-electron chi connectivity index (χ3n) is 2.18. The Morgan fingerprint density at radius 1 is 1.56 bits per heavy atom. The van der Waals surface area contributed by atoms with E-state index in [0.29, 0.717) is 11.6 Å². The van der Waals surface area contributed by atoms with Crippen molar-refractivity contribution in [1.29, 1.82) is 0 Å². The molecule has 0 fully saturated rings. The molecule has 0 atom stereocenters. The molecule has 0 saturated heterocycles. The molecule has 2 rings (SSSR count). The van der Waals surface area contributed by atoms with Gasteiger partial charge in [-0.05, 0) is 6.92 Å². The number of nitrogens with two attached hydrogens (primary N) is 1. The van der Waals surface area contributed by atoms with Gasteiger partial charge in [-0.1, -0.05) is 0 Å². The van der Waals surface area contributed by atoms with Crippen LogP contribution < -0.4 is 11.3 Å². The maximum Gasteiger partial charge on any atom is 0.307 e. The molecule has 0 spiro atoms. The Morgan fingerprint density at radius 3 is 2.94 bits per heavy atom. The van der Waals surface area contributed by atoms with Gasteiger partial charge in [0.05, 0.1) is 4.92 Å². The van der Waals surface area contributed by atoms with Gasteiger partial charge >= 0.3 is 5.69 Å². The Morgan fingerprint density at radius 2 is 2.33 bits per heavy atom. The number of nitro groups is 1. The number of hydrogen-bond donors (Lipinski definition) is 2. The lowest BCUT2D eigenvalue weighted by Crippen LogP contribution is -2.12. The topological polar surface area (TPSA) is 125 Å². The van der Waals surface area contributed by atoms with E-state index >= 15 is 0 Å². The number of rotatable bonds is 4. The molecule has 0 aromatic carbocycles. The average molecular weight is 249 g/mol. The molecule has 0 amide bonds. The summed E-state index contributed by atoms with van der Waals surface area (Å²) in [6, 6.07) is 1.69. The van der Waals surface area contributed by atoms with Gasteiger partial charge in [-0.3, -0.25) is 14.8 Å². The minimum absolute atomic E-state index is 0.0696. The van der Waals surface area contributed by atoms with Crippen molar-refractivity contribution in [2.75, 3.05) is 5.43 Å². The van der Waals surface area contributed by atoms with Crippen molar-refractivity contribution in [2.45, 2.75) is 13.5 Å². The average Bonchev–Trinajstić information content (AvgIpc) is 2.76. The van der Waals surface area contributed by atoms with Gasteiger partial charge in [-0.2, -0.15) is 5.10 Å². The van der Waals surface area contributed by atoms with Crippen molar-refractivity contribution in [3.63, 3.8) is 0 Å². The van der Waals surface area contributed by atoms with Crippen molar-refractivity contribution in [3.8, 4) is 0 Å². The number of nitrogens with zero attached hydrogens (tertiary/aromatic N) is 5. The Bertz CT molecular complexity index is 580. The molecule has 0 saturated carbocycles. The van der Waals surface area contributed by atoms with Crippen LogP contribution in [0, 0.1) is 17.0 Å². The Balaban J connectivity index is 2.22. The van der Waals surface area contributed by atoms with Gasteiger partial charge in [0.2, 0.25) is 0 Å². The first-order valence-electron chi connectivity index (χ1n) is 5.06. The molecule has 94 valence electrons. The standard InChI is InChI=1S/C9H11N7O2/c1-6-2-8(14-10)13-9(12-6)5-15-4-7(3-11-15)16(17)18/h2-4H,5,10H2,1H3,(H,12,13,14). The molecule has 0 unspecified atom stereocenters. The zero-order valence-corrected chi connectivity index (χ0v) is 9.57. The summed E-state index contributed by atoms with van der Waals surface area (Å²) in [6.45, 7) is 2.04. The molecule has 2 heterocycles. The lowest BCUT2D eigenvalue weighted by atomic mass is 10.4. The van der Waals surface area contributed by atoms with Crippen LogP contribution in [-0.4, -0.2) is 24.7 Å². The largest absolute Gasteiger partial charge is 0.308 e. The van der Waals surface area contributed by atoms with E-state index in [4.69, 9.17) is 5.84 Å². The molecule has 0 bridgehead atoms. The zero-order chi connectivity index (χ0) is 13.1. The quantitative estimate of drug-likeness (QED) is 0.451. The highest BCUT2D eigenvalue weighted by Crippen LogP contribution is 2.10. The zero-order valence-electron chi connectivity index (χ0n) is 9.57. The third kappa shape index (κ3) is 2.58. The Labute approximate surface area is 102 Å². The van der Waals surface area contributed by atoms with Crippen LogP contribution in [0.25, 0.3) is 0 Å². The van der Waals surface area contributed by atoms with Crippen LogP contribution in [0.2, 0.25) is 0 Å². The second-order valence-corrected chi connectivity index (χ2v) is 3.61. The first-order valence-corrected chi connectivity index (χ1v) is 5.06. The van der Waals surface area contributed by atoms with Gasteiger partial charge in [0.15, 0.2) is 5.82 Å². The summed E-state index contributed by atoms with van der Waals surface area (Å²) < 4.78 is 1.40. The summed E-state index contributed by atoms with van der Waals surface area (Å²) in [6.07, 6.45) is 2.50. The number of anilines is 1. The number of aromatic nitrogens is 4. The molecule has 0 radical (unpaired) electrons. The van der Waals surface area contributed by atoms with Gasteiger partial charge in [-0.25, -0.2) is 15.8 Å². The Hall–Kier alpha value is -2.55. The minimum Gasteiger partial charge on any atom is -0.308 e. The smallest absolute Gasteiger partial charge is 0.307 e. The van der Waals surface area contributed by atoms with Crippen molar-refractivity contribution in [3.05, 3.63) is 40.1 Å². The van der Waals surface area contributed by atoms with E-state index in [2.05, 4.69) is 20.5 Å². The van der Waals surface area contributed by atoms with Gasteiger partial charge in [0.25, 0.3) is 0 Å². The maximum absolute atomic E-state index is 10.5. The molecule has 0 aliphatic rings. The number of aryl methyl sites for hydroxylation is 1. The highest BCUT2D eigenvalue weighted by molar-refractivity contribution is 5.34. The van der Waals surface area contributed by atoms with E-state index in [1.54, 1.807) is 13.0 Å². The molecule has 0 aliphatic heterocycles. The fourth-order valence-electron chi connectivity index (χ4n) is 1.45. The summed E-state index contributed by atoms with van der Waals surface area (Å²) >= 11 is 0. The molecule has 2 aromatic rings. The lowest BCUT2D eigenvalue weighted by Gasteiger charge is -2.04. The van der Waals surface area contributed by atoms with Crippen LogP contribution in [0.1, 0.15) is 11.5 Å². The summed E-state index contributed by atoms with van der Waals surface area (Å²) in [5, 5.41) is 14.4. The fourth-order valence-corrected chi connectivity index (χ4v) is 1.45. The van der Waals surface area contributed by atoms with Gasteiger partial charge in [0, 0.05) is 11.8 Å². The molecule has 0 aliphatic carbocycles. The first-order chi connectivity index (χ1) is 8.58. The van der Waals surface area contributed by atoms with Crippen molar-refractivity contribution in [2.24, 2.45) is 5.84 Å². The van der Waals surface area contributed by atoms with Gasteiger partial charge < -0.3 is 5.43 Å². The van der Waals surface area contributed by atoms with Gasteiger partial charge in [0.1, 0.15) is 24.8 Å². The molecule has 18 heavy (non-hydrogen) atoms. The van der Waals surface area contributed by atoms with Crippen LogP contribution in [0.15, 0.2) is 18.5 Å². The van der Waals surface area contributed by atoms with Crippen LogP contribution >= 0.6 is 0 Å². The van der Waals surface area contributed by atoms with Crippen molar-refractivity contribution in [1.82, 2.24) is 19.7 Å². The van der Waals surface area contributed by atoms with E-state index < -0.39 is 4.92 Å². The van der Waals surface area contributed by atoms with E-state index in [-0.39, 0.29) is 12.2 Å². The van der Waals surface area contributed by atoms with Crippen LogP contribution in [0.3, 0.4) is 0 Å². The number of nitrogens with one attached hydrogen (secondary N) is 1. The number of hydrogen-bond acceptors (Lipinski definition) is 7.